The first-order valence-electron chi connectivity index (χ1n) is 9.30. The molecule has 0 bridgehead atoms. The molecule has 2 amide bonds. The molecule has 0 radical (unpaired) electrons. The van der Waals surface area contributed by atoms with Gasteiger partial charge in [0.25, 0.3) is 0 Å². The van der Waals surface area contributed by atoms with Gasteiger partial charge in [-0.05, 0) is 47.1 Å². The maximum absolute atomic E-state index is 12.8. The Morgan fingerprint density at radius 3 is 2.67 bits per heavy atom. The van der Waals surface area contributed by atoms with Gasteiger partial charge in [-0.3, -0.25) is 14.5 Å². The third-order valence-corrected chi connectivity index (χ3v) is 6.32. The van der Waals surface area contributed by atoms with Gasteiger partial charge in [-0.25, -0.2) is 4.99 Å². The van der Waals surface area contributed by atoms with Gasteiger partial charge in [-0.1, -0.05) is 23.9 Å². The number of ether oxygens (including phenoxy) is 2. The summed E-state index contributed by atoms with van der Waals surface area (Å²) in [6.07, 6.45) is 0.0512. The number of amides is 2. The summed E-state index contributed by atoms with van der Waals surface area (Å²) in [5.41, 5.74) is 1.23. The van der Waals surface area contributed by atoms with Crippen LogP contribution in [-0.4, -0.2) is 47.9 Å². The number of para-hydroxylation sites is 1. The molecular weight excluding hydrogens is 470 g/mol. The Balaban J connectivity index is 1.79. The second-order valence-electron chi connectivity index (χ2n) is 6.35. The first-order chi connectivity index (χ1) is 14.5. The molecule has 2 aromatic rings. The van der Waals surface area contributed by atoms with Gasteiger partial charge < -0.3 is 14.8 Å². The van der Waals surface area contributed by atoms with Crippen molar-refractivity contribution in [3.63, 3.8) is 0 Å². The standard InChI is InChI=1S/C21H22BrN3O4S/c1-4-25-20(27)18(12-19(26)23-15-8-6-5-7-14(15)22)30-21(25)24-16-11-13(28-2)9-10-17(16)29-3/h5-11,18H,4,12H2,1-3H3,(H,23,26). The Kier molecular flexibility index (Phi) is 7.38. The molecule has 1 fully saturated rings. The molecule has 30 heavy (non-hydrogen) atoms. The Hall–Kier alpha value is -2.52. The van der Waals surface area contributed by atoms with E-state index in [0.717, 1.165) is 4.47 Å². The summed E-state index contributed by atoms with van der Waals surface area (Å²) in [4.78, 5) is 31.6. The molecule has 0 aromatic heterocycles. The zero-order chi connectivity index (χ0) is 21.7. The fourth-order valence-electron chi connectivity index (χ4n) is 2.94. The minimum absolute atomic E-state index is 0.0512. The predicted molar refractivity (Wildman–Crippen MR) is 123 cm³/mol. The molecule has 0 spiro atoms. The molecule has 2 aromatic carbocycles. The molecule has 3 rings (SSSR count). The molecule has 0 saturated carbocycles. The van der Waals surface area contributed by atoms with Crippen LogP contribution in [0.4, 0.5) is 11.4 Å². The molecule has 1 aliphatic rings. The van der Waals surface area contributed by atoms with Gasteiger partial charge >= 0.3 is 0 Å². The van der Waals surface area contributed by atoms with Crippen LogP contribution in [0.3, 0.4) is 0 Å². The SMILES string of the molecule is CCN1C(=O)C(CC(=O)Nc2ccccc2Br)SC1=Nc1cc(OC)ccc1OC. The van der Waals surface area contributed by atoms with Crippen LogP contribution < -0.4 is 14.8 Å². The molecule has 9 heteroatoms. The summed E-state index contributed by atoms with van der Waals surface area (Å²) >= 11 is 4.69. The predicted octanol–water partition coefficient (Wildman–Crippen LogP) is 4.45. The molecular formula is C21H22BrN3O4S. The van der Waals surface area contributed by atoms with E-state index < -0.39 is 5.25 Å². The van der Waals surface area contributed by atoms with Crippen molar-refractivity contribution in [1.29, 1.82) is 0 Å². The van der Waals surface area contributed by atoms with Gasteiger partial charge in [-0.15, -0.1) is 0 Å². The van der Waals surface area contributed by atoms with Crippen molar-refractivity contribution in [2.24, 2.45) is 4.99 Å². The highest BCUT2D eigenvalue weighted by Crippen LogP contribution is 2.36. The number of methoxy groups -OCH3 is 2. The summed E-state index contributed by atoms with van der Waals surface area (Å²) in [7, 11) is 3.13. The van der Waals surface area contributed by atoms with E-state index in [1.54, 1.807) is 43.4 Å². The zero-order valence-corrected chi connectivity index (χ0v) is 19.2. The third kappa shape index (κ3) is 4.96. The second-order valence-corrected chi connectivity index (χ2v) is 8.38. The van der Waals surface area contributed by atoms with Gasteiger partial charge in [0, 0.05) is 23.5 Å². The minimum Gasteiger partial charge on any atom is -0.497 e. The van der Waals surface area contributed by atoms with E-state index in [1.165, 1.54) is 11.8 Å². The van der Waals surface area contributed by atoms with Crippen LogP contribution in [0, 0.1) is 0 Å². The smallest absolute Gasteiger partial charge is 0.242 e. The van der Waals surface area contributed by atoms with Crippen molar-refractivity contribution in [3.8, 4) is 11.5 Å². The summed E-state index contributed by atoms with van der Waals surface area (Å²) in [5, 5.41) is 2.84. The first-order valence-corrected chi connectivity index (χ1v) is 11.0. The van der Waals surface area contributed by atoms with Gasteiger partial charge in [0.05, 0.1) is 19.9 Å². The van der Waals surface area contributed by atoms with Gasteiger partial charge in [-0.2, -0.15) is 0 Å². The molecule has 0 aliphatic carbocycles. The van der Waals surface area contributed by atoms with Crippen LogP contribution in [0.5, 0.6) is 11.5 Å². The molecule has 1 saturated heterocycles. The van der Waals surface area contributed by atoms with Crippen LogP contribution in [0.1, 0.15) is 13.3 Å². The molecule has 1 unspecified atom stereocenters. The number of halogens is 1. The number of aliphatic imine (C=N–C) groups is 1. The highest BCUT2D eigenvalue weighted by molar-refractivity contribution is 9.10. The van der Waals surface area contributed by atoms with Crippen molar-refractivity contribution in [1.82, 2.24) is 4.90 Å². The molecule has 1 aliphatic heterocycles. The average molecular weight is 492 g/mol. The van der Waals surface area contributed by atoms with E-state index in [4.69, 9.17) is 9.47 Å². The van der Waals surface area contributed by atoms with Gasteiger partial charge in [0.2, 0.25) is 11.8 Å². The zero-order valence-electron chi connectivity index (χ0n) is 16.8. The fraction of sp³-hybridized carbons (Fsp3) is 0.286. The molecule has 158 valence electrons. The quantitative estimate of drug-likeness (QED) is 0.618. The lowest BCUT2D eigenvalue weighted by molar-refractivity contribution is -0.128. The number of nitrogens with one attached hydrogen (secondary N) is 1. The molecule has 1 N–H and O–H groups in total. The Bertz CT molecular complexity index is 982. The van der Waals surface area contributed by atoms with Gasteiger partial charge in [0.1, 0.15) is 22.4 Å². The summed E-state index contributed by atoms with van der Waals surface area (Å²) < 4.78 is 11.4. The maximum Gasteiger partial charge on any atom is 0.242 e. The first kappa shape index (κ1) is 22.2. The number of thioether (sulfide) groups is 1. The van der Waals surface area contributed by atoms with Gasteiger partial charge in [0.15, 0.2) is 5.17 Å². The monoisotopic (exact) mass is 491 g/mol. The van der Waals surface area contributed by atoms with Crippen molar-refractivity contribution in [2.75, 3.05) is 26.1 Å². The van der Waals surface area contributed by atoms with Crippen LogP contribution in [0.25, 0.3) is 0 Å². The number of anilines is 1. The lowest BCUT2D eigenvalue weighted by atomic mass is 10.2. The molecule has 1 heterocycles. The number of hydrogen-bond donors (Lipinski definition) is 1. The lowest BCUT2D eigenvalue weighted by Gasteiger charge is -2.14. The fourth-order valence-corrected chi connectivity index (χ4v) is 4.53. The average Bonchev–Trinajstić information content (AvgIpc) is 3.03. The Morgan fingerprint density at radius 1 is 1.23 bits per heavy atom. The number of benzene rings is 2. The van der Waals surface area contributed by atoms with Crippen LogP contribution in [0.15, 0.2) is 51.9 Å². The number of carbonyl (C=O) groups excluding carboxylic acids is 2. The van der Waals surface area contributed by atoms with E-state index in [2.05, 4.69) is 26.2 Å². The van der Waals surface area contributed by atoms with Crippen molar-refractivity contribution < 1.29 is 19.1 Å². The number of amidine groups is 1. The van der Waals surface area contributed by atoms with Crippen LogP contribution in [-0.2, 0) is 9.59 Å². The largest absolute Gasteiger partial charge is 0.497 e. The number of carbonyl (C=O) groups is 2. The number of hydrogen-bond acceptors (Lipinski definition) is 6. The summed E-state index contributed by atoms with van der Waals surface area (Å²) in [6, 6.07) is 12.6. The highest BCUT2D eigenvalue weighted by atomic mass is 79.9. The van der Waals surface area contributed by atoms with E-state index >= 15 is 0 Å². The number of rotatable bonds is 7. The summed E-state index contributed by atoms with van der Waals surface area (Å²) in [6.45, 7) is 2.33. The minimum atomic E-state index is -0.539. The van der Waals surface area contributed by atoms with E-state index in [0.29, 0.717) is 34.6 Å². The Labute approximate surface area is 188 Å². The van der Waals surface area contributed by atoms with Crippen molar-refractivity contribution in [2.45, 2.75) is 18.6 Å². The van der Waals surface area contributed by atoms with Crippen LogP contribution in [0.2, 0.25) is 0 Å². The Morgan fingerprint density at radius 2 is 2.00 bits per heavy atom. The van der Waals surface area contributed by atoms with Crippen molar-refractivity contribution >= 4 is 56.0 Å². The van der Waals surface area contributed by atoms with E-state index in [-0.39, 0.29) is 18.2 Å². The third-order valence-electron chi connectivity index (χ3n) is 4.46. The maximum atomic E-state index is 12.8. The summed E-state index contributed by atoms with van der Waals surface area (Å²) in [5.74, 6) is 0.841. The molecule has 7 nitrogen and oxygen atoms in total. The normalized spacial score (nSPS) is 17.3. The molecule has 1 atom stereocenters. The second kappa shape index (κ2) is 9.99. The lowest BCUT2D eigenvalue weighted by Crippen LogP contribution is -2.33. The van der Waals surface area contributed by atoms with E-state index in [9.17, 15) is 9.59 Å². The number of nitrogens with zero attached hydrogens (tertiary/aromatic N) is 2. The topological polar surface area (TPSA) is 80.2 Å². The highest BCUT2D eigenvalue weighted by Gasteiger charge is 2.38. The van der Waals surface area contributed by atoms with E-state index in [1.807, 2.05) is 25.1 Å². The van der Waals surface area contributed by atoms with Crippen LogP contribution >= 0.6 is 27.7 Å². The van der Waals surface area contributed by atoms with Crippen molar-refractivity contribution in [3.05, 3.63) is 46.9 Å².